The molecule has 0 atom stereocenters. The molecular formula is C5H7BF3NSi. The van der Waals surface area contributed by atoms with Crippen molar-refractivity contribution >= 4 is 22.7 Å². The van der Waals surface area contributed by atoms with Crippen LogP contribution in [0.5, 0.6) is 0 Å². The van der Waals surface area contributed by atoms with E-state index in [1.165, 1.54) is 0 Å². The second kappa shape index (κ2) is 2.85. The number of rotatable bonds is 1. The highest BCUT2D eigenvalue weighted by Gasteiger charge is 2.37. The van der Waals surface area contributed by atoms with Gasteiger partial charge in [0, 0.05) is 0 Å². The molecule has 1 nitrogen and oxygen atoms in total. The molecule has 1 rings (SSSR count). The number of nitrogens with zero attached hydrogens (tertiary/aromatic N) is 1. The summed E-state index contributed by atoms with van der Waals surface area (Å²) >= 11 is 0. The molecule has 60 valence electrons. The van der Waals surface area contributed by atoms with Gasteiger partial charge >= 0.3 is 6.18 Å². The third-order valence-electron chi connectivity index (χ3n) is 1.54. The summed E-state index contributed by atoms with van der Waals surface area (Å²) in [4.78, 5) is 0. The van der Waals surface area contributed by atoms with Gasteiger partial charge in [0.2, 0.25) is 0 Å². The molecule has 1 heterocycles. The molecule has 1 aliphatic heterocycles. The van der Waals surface area contributed by atoms with Crippen LogP contribution in [0.2, 0.25) is 6.82 Å². The van der Waals surface area contributed by atoms with E-state index in [4.69, 9.17) is 0 Å². The van der Waals surface area contributed by atoms with E-state index in [0.29, 0.717) is 12.8 Å². The van der Waals surface area contributed by atoms with Gasteiger partial charge in [0.25, 0.3) is 0 Å². The van der Waals surface area contributed by atoms with Crippen molar-refractivity contribution in [1.82, 2.24) is 0 Å². The lowest BCUT2D eigenvalue weighted by atomic mass is 9.71. The van der Waals surface area contributed by atoms with Crippen LogP contribution in [-0.4, -0.2) is 28.8 Å². The first-order chi connectivity index (χ1) is 5.05. The molecule has 0 aliphatic carbocycles. The molecule has 0 saturated heterocycles. The number of hydrogen-bond donors (Lipinski definition) is 0. The average molecular weight is 177 g/mol. The largest absolute Gasteiger partial charge is 0.431 e. The van der Waals surface area contributed by atoms with Crippen LogP contribution >= 0.6 is 0 Å². The lowest BCUT2D eigenvalue weighted by Crippen LogP contribution is -2.25. The van der Waals surface area contributed by atoms with Crippen LogP contribution in [0.3, 0.4) is 0 Å². The Hall–Kier alpha value is -0.518. The third kappa shape index (κ3) is 1.74. The van der Waals surface area contributed by atoms with Gasteiger partial charge in [-0.05, 0) is 0 Å². The molecule has 0 fully saturated rings. The second-order valence-electron chi connectivity index (χ2n) is 2.27. The minimum Gasteiger partial charge on any atom is -0.321 e. The minimum absolute atomic E-state index is 0.379. The first-order valence-corrected chi connectivity index (χ1v) is 4.81. The predicted octanol–water partition coefficient (Wildman–Crippen LogP) is 0.413. The molecule has 0 aromatic rings. The van der Waals surface area contributed by atoms with Crippen molar-refractivity contribution < 1.29 is 13.2 Å². The van der Waals surface area contributed by atoms with E-state index in [0.717, 1.165) is 0 Å². The highest BCUT2D eigenvalue weighted by atomic mass is 28.2. The lowest BCUT2D eigenvalue weighted by Gasteiger charge is -2.08. The molecule has 0 radical (unpaired) electrons. The monoisotopic (exact) mass is 177 g/mol. The predicted molar refractivity (Wildman–Crippen MR) is 43.1 cm³/mol. The van der Waals surface area contributed by atoms with Crippen molar-refractivity contribution in [2.75, 3.05) is 0 Å². The van der Waals surface area contributed by atoms with Gasteiger partial charge in [-0.2, -0.15) is 13.2 Å². The fourth-order valence-electron chi connectivity index (χ4n) is 1.03. The fourth-order valence-corrected chi connectivity index (χ4v) is 2.39. The third-order valence-corrected chi connectivity index (χ3v) is 2.71. The number of halogens is 3. The van der Waals surface area contributed by atoms with Gasteiger partial charge in [0.05, 0.1) is 0 Å². The van der Waals surface area contributed by atoms with Crippen LogP contribution in [0.4, 0.5) is 13.2 Å². The van der Waals surface area contributed by atoms with Crippen molar-refractivity contribution in [3.05, 3.63) is 11.2 Å². The minimum atomic E-state index is -4.23. The van der Waals surface area contributed by atoms with Crippen LogP contribution in [0.15, 0.2) is 15.8 Å². The summed E-state index contributed by atoms with van der Waals surface area (Å²) in [6.45, 7) is 1.72. The van der Waals surface area contributed by atoms with E-state index in [1.807, 2.05) is 0 Å². The van der Waals surface area contributed by atoms with E-state index in [2.05, 4.69) is 4.66 Å². The van der Waals surface area contributed by atoms with Gasteiger partial charge in [-0.1, -0.05) is 18.0 Å². The first kappa shape index (κ1) is 8.58. The average Bonchev–Trinajstić information content (AvgIpc) is 2.31. The summed E-state index contributed by atoms with van der Waals surface area (Å²) in [5, 5.41) is 0. The van der Waals surface area contributed by atoms with Gasteiger partial charge < -0.3 is 4.66 Å². The number of allylic oxidation sites excluding steroid dienone is 1. The maximum absolute atomic E-state index is 12.0. The molecule has 1 aliphatic rings. The smallest absolute Gasteiger partial charge is 0.321 e. The van der Waals surface area contributed by atoms with Gasteiger partial charge in [-0.15, -0.1) is 0 Å². The molecule has 0 amide bonds. The lowest BCUT2D eigenvalue weighted by molar-refractivity contribution is -0.0576. The molecule has 0 bridgehead atoms. The molecule has 6 heteroatoms. The van der Waals surface area contributed by atoms with Crippen LogP contribution in [-0.2, 0) is 0 Å². The van der Waals surface area contributed by atoms with E-state index >= 15 is 0 Å². The highest BCUT2D eigenvalue weighted by Crippen LogP contribution is 2.23. The Bertz CT molecular complexity index is 220. The number of hydrogen-bond acceptors (Lipinski definition) is 1. The van der Waals surface area contributed by atoms with Gasteiger partial charge in [0.15, 0.2) is 17.0 Å². The van der Waals surface area contributed by atoms with Crippen LogP contribution < -0.4 is 0 Å². The Morgan fingerprint density at radius 1 is 1.55 bits per heavy atom. The van der Waals surface area contributed by atoms with Gasteiger partial charge in [-0.25, -0.2) is 0 Å². The first-order valence-electron chi connectivity index (χ1n) is 3.36. The van der Waals surface area contributed by atoms with Crippen molar-refractivity contribution in [2.45, 2.75) is 13.0 Å². The summed E-state index contributed by atoms with van der Waals surface area (Å²) in [6.07, 6.45) is -4.23. The van der Waals surface area contributed by atoms with Gasteiger partial charge in [-0.3, -0.25) is 0 Å². The van der Waals surface area contributed by atoms with E-state index in [-0.39, 0.29) is 0 Å². The quantitative estimate of drug-likeness (QED) is 0.514. The molecule has 0 N–H and O–H groups in total. The Labute approximate surface area is 65.5 Å². The van der Waals surface area contributed by atoms with Crippen molar-refractivity contribution in [1.29, 1.82) is 0 Å². The summed E-state index contributed by atoms with van der Waals surface area (Å²) in [5.41, 5.74) is 1.40. The maximum Gasteiger partial charge on any atom is 0.431 e. The molecule has 0 unspecified atom stereocenters. The summed E-state index contributed by atoms with van der Waals surface area (Å²) in [7, 11) is -0.501. The Kier molecular flexibility index (Phi) is 2.22. The van der Waals surface area contributed by atoms with Crippen molar-refractivity contribution in [2.24, 2.45) is 4.66 Å². The summed E-state index contributed by atoms with van der Waals surface area (Å²) < 4.78 is 39.6. The maximum atomic E-state index is 12.0. The molecule has 0 spiro atoms. The second-order valence-corrected chi connectivity index (χ2v) is 3.36. The SMILES string of the molecule is CBC1=C[SiH2]N=C1C(F)(F)F. The Morgan fingerprint density at radius 2 is 2.18 bits per heavy atom. The molecule has 11 heavy (non-hydrogen) atoms. The van der Waals surface area contributed by atoms with Crippen molar-refractivity contribution in [3.8, 4) is 0 Å². The highest BCUT2D eigenvalue weighted by molar-refractivity contribution is 6.63. The molecular weight excluding hydrogens is 170 g/mol. The zero-order valence-electron chi connectivity index (χ0n) is 6.07. The van der Waals surface area contributed by atoms with E-state index in [9.17, 15) is 13.2 Å². The van der Waals surface area contributed by atoms with Crippen LogP contribution in [0.25, 0.3) is 0 Å². The normalized spacial score (nSPS) is 20.0. The summed E-state index contributed by atoms with van der Waals surface area (Å²) in [6, 6.07) is 0. The standard InChI is InChI=1S/C5H7BF3NSi/c1-6-3-2-11-10-4(3)5(7,8)9/h2,6H,11H2,1H3. The number of alkyl halides is 3. The van der Waals surface area contributed by atoms with Crippen LogP contribution in [0.1, 0.15) is 0 Å². The Morgan fingerprint density at radius 3 is 2.55 bits per heavy atom. The van der Waals surface area contributed by atoms with E-state index < -0.39 is 21.6 Å². The van der Waals surface area contributed by atoms with Crippen molar-refractivity contribution in [3.63, 3.8) is 0 Å². The van der Waals surface area contributed by atoms with Crippen LogP contribution in [0, 0.1) is 0 Å². The fraction of sp³-hybridized carbons (Fsp3) is 0.400. The molecule has 0 aromatic carbocycles. The van der Waals surface area contributed by atoms with E-state index in [1.54, 1.807) is 12.5 Å². The summed E-state index contributed by atoms with van der Waals surface area (Å²) in [5.74, 6) is 0. The Balaban J connectivity index is 2.83. The molecule has 0 aromatic heterocycles. The molecule has 0 saturated carbocycles. The van der Waals surface area contributed by atoms with Gasteiger partial charge in [0.1, 0.15) is 5.71 Å². The zero-order valence-corrected chi connectivity index (χ0v) is 7.49. The zero-order chi connectivity index (χ0) is 8.48. The topological polar surface area (TPSA) is 12.4 Å².